The first-order valence-corrected chi connectivity index (χ1v) is 8.79. The largest absolute Gasteiger partial charge is 0.338 e. The van der Waals surface area contributed by atoms with Gasteiger partial charge in [0.1, 0.15) is 0 Å². The fraction of sp³-hybridized carbons (Fsp3) is 0.316. The van der Waals surface area contributed by atoms with E-state index < -0.39 is 17.4 Å². The molecule has 136 valence electrons. The van der Waals surface area contributed by atoms with E-state index in [0.29, 0.717) is 23.7 Å². The maximum absolute atomic E-state index is 13.2. The summed E-state index contributed by atoms with van der Waals surface area (Å²) in [7, 11) is 1.98. The lowest BCUT2D eigenvalue weighted by atomic mass is 10.0. The molecule has 0 radical (unpaired) electrons. The van der Waals surface area contributed by atoms with Crippen LogP contribution in [0.2, 0.25) is 5.02 Å². The standard InChI is InChI=1S/C19H20ClN3O3/c1-21-9-11-22(12-10-21)19(26)17(23-8-3-2-7-16(23)24)18(25)14-5-4-6-15(20)13-14/h2-8,13,17H,9-12H2,1H3/t17-/m0/s1. The van der Waals surface area contributed by atoms with Gasteiger partial charge < -0.3 is 9.80 Å². The average Bonchev–Trinajstić information content (AvgIpc) is 2.64. The highest BCUT2D eigenvalue weighted by Crippen LogP contribution is 2.20. The summed E-state index contributed by atoms with van der Waals surface area (Å²) in [5, 5.41) is 0.405. The number of rotatable bonds is 4. The number of hydrogen-bond donors (Lipinski definition) is 0. The number of hydrogen-bond acceptors (Lipinski definition) is 4. The molecule has 7 heteroatoms. The molecule has 3 rings (SSSR count). The zero-order valence-corrected chi connectivity index (χ0v) is 15.2. The van der Waals surface area contributed by atoms with Gasteiger partial charge in [0.2, 0.25) is 0 Å². The van der Waals surface area contributed by atoms with E-state index in [9.17, 15) is 14.4 Å². The number of pyridine rings is 1. The molecule has 0 spiro atoms. The summed E-state index contributed by atoms with van der Waals surface area (Å²) in [6.45, 7) is 2.51. The molecule has 6 nitrogen and oxygen atoms in total. The van der Waals surface area contributed by atoms with Gasteiger partial charge in [-0.3, -0.25) is 19.0 Å². The van der Waals surface area contributed by atoms with E-state index in [4.69, 9.17) is 11.6 Å². The van der Waals surface area contributed by atoms with Gasteiger partial charge >= 0.3 is 0 Å². The van der Waals surface area contributed by atoms with Crippen molar-refractivity contribution in [2.45, 2.75) is 6.04 Å². The topological polar surface area (TPSA) is 62.6 Å². The first-order valence-electron chi connectivity index (χ1n) is 8.41. The number of nitrogens with zero attached hydrogens (tertiary/aromatic N) is 3. The zero-order chi connectivity index (χ0) is 18.7. The van der Waals surface area contributed by atoms with Crippen LogP contribution in [0.1, 0.15) is 16.4 Å². The minimum Gasteiger partial charge on any atom is -0.338 e. The predicted molar refractivity (Wildman–Crippen MR) is 99.6 cm³/mol. The van der Waals surface area contributed by atoms with Gasteiger partial charge in [0.25, 0.3) is 11.5 Å². The lowest BCUT2D eigenvalue weighted by molar-refractivity contribution is -0.135. The number of carbonyl (C=O) groups is 2. The second-order valence-corrected chi connectivity index (χ2v) is 6.79. The quantitative estimate of drug-likeness (QED) is 0.604. The monoisotopic (exact) mass is 373 g/mol. The lowest BCUT2D eigenvalue weighted by Crippen LogP contribution is -2.51. The van der Waals surface area contributed by atoms with Gasteiger partial charge in [-0.2, -0.15) is 0 Å². The molecule has 0 aliphatic carbocycles. The van der Waals surface area contributed by atoms with Crippen LogP contribution >= 0.6 is 11.6 Å². The second kappa shape index (κ2) is 7.85. The smallest absolute Gasteiger partial charge is 0.253 e. The Bertz CT molecular complexity index is 872. The molecule has 1 aromatic heterocycles. The number of likely N-dealkylation sites (N-methyl/N-ethyl adjacent to an activating group) is 1. The summed E-state index contributed by atoms with van der Waals surface area (Å²) < 4.78 is 1.20. The molecule has 1 fully saturated rings. The normalized spacial score (nSPS) is 16.3. The lowest BCUT2D eigenvalue weighted by Gasteiger charge is -2.34. The van der Waals surface area contributed by atoms with Gasteiger partial charge in [-0.15, -0.1) is 0 Å². The molecule has 1 saturated heterocycles. The van der Waals surface area contributed by atoms with Crippen LogP contribution in [0.4, 0.5) is 0 Å². The first-order chi connectivity index (χ1) is 12.5. The summed E-state index contributed by atoms with van der Waals surface area (Å²) in [4.78, 5) is 42.3. The second-order valence-electron chi connectivity index (χ2n) is 6.35. The number of amides is 1. The summed E-state index contributed by atoms with van der Waals surface area (Å²) in [6, 6.07) is 9.76. The molecule has 26 heavy (non-hydrogen) atoms. The molecule has 1 aromatic carbocycles. The van der Waals surface area contributed by atoms with Crippen LogP contribution in [0, 0.1) is 0 Å². The summed E-state index contributed by atoms with van der Waals surface area (Å²) in [6.07, 6.45) is 1.48. The molecule has 0 saturated carbocycles. The molecule has 2 heterocycles. The van der Waals surface area contributed by atoms with Crippen LogP contribution < -0.4 is 5.56 Å². The van der Waals surface area contributed by atoms with Crippen LogP contribution in [0.15, 0.2) is 53.5 Å². The number of aromatic nitrogens is 1. The van der Waals surface area contributed by atoms with Crippen molar-refractivity contribution in [2.75, 3.05) is 33.2 Å². The SMILES string of the molecule is CN1CCN(C(=O)[C@H](C(=O)c2cccc(Cl)c2)n2ccccc2=O)CC1. The molecule has 0 bridgehead atoms. The summed E-state index contributed by atoms with van der Waals surface area (Å²) in [5.41, 5.74) is -0.0870. The van der Waals surface area contributed by atoms with Crippen molar-refractivity contribution in [1.82, 2.24) is 14.4 Å². The third kappa shape index (κ3) is 3.86. The van der Waals surface area contributed by atoms with E-state index in [1.54, 1.807) is 35.2 Å². The Morgan fingerprint density at radius 3 is 2.42 bits per heavy atom. The van der Waals surface area contributed by atoms with Gasteiger partial charge in [-0.25, -0.2) is 0 Å². The van der Waals surface area contributed by atoms with Crippen molar-refractivity contribution < 1.29 is 9.59 Å². The van der Waals surface area contributed by atoms with Crippen molar-refractivity contribution in [3.05, 3.63) is 69.6 Å². The summed E-state index contributed by atoms with van der Waals surface area (Å²) in [5.74, 6) is -0.805. The van der Waals surface area contributed by atoms with E-state index >= 15 is 0 Å². The highest BCUT2D eigenvalue weighted by atomic mass is 35.5. The van der Waals surface area contributed by atoms with Crippen molar-refractivity contribution in [3.8, 4) is 0 Å². The zero-order valence-electron chi connectivity index (χ0n) is 14.5. The van der Waals surface area contributed by atoms with E-state index in [2.05, 4.69) is 4.90 Å². The third-order valence-electron chi connectivity index (χ3n) is 4.54. The van der Waals surface area contributed by atoms with Gasteiger partial charge in [0.05, 0.1) is 0 Å². The Hall–Kier alpha value is -2.44. The molecule has 1 atom stereocenters. The number of carbonyl (C=O) groups excluding carboxylic acids is 2. The number of piperazine rings is 1. The molecule has 0 unspecified atom stereocenters. The molecule has 2 aromatic rings. The number of halogens is 1. The van der Waals surface area contributed by atoms with Crippen LogP contribution in [0.5, 0.6) is 0 Å². The van der Waals surface area contributed by atoms with Crippen LogP contribution in [0.25, 0.3) is 0 Å². The van der Waals surface area contributed by atoms with E-state index in [-0.39, 0.29) is 5.91 Å². The molecular formula is C19H20ClN3O3. The van der Waals surface area contributed by atoms with Crippen molar-refractivity contribution in [2.24, 2.45) is 0 Å². The fourth-order valence-electron chi connectivity index (χ4n) is 3.01. The third-order valence-corrected chi connectivity index (χ3v) is 4.77. The maximum Gasteiger partial charge on any atom is 0.253 e. The minimum absolute atomic E-state index is 0.306. The van der Waals surface area contributed by atoms with Gasteiger partial charge in [-0.1, -0.05) is 29.8 Å². The maximum atomic E-state index is 13.2. The van der Waals surface area contributed by atoms with Crippen LogP contribution in [-0.4, -0.2) is 59.3 Å². The van der Waals surface area contributed by atoms with Crippen molar-refractivity contribution in [1.29, 1.82) is 0 Å². The van der Waals surface area contributed by atoms with Gasteiger partial charge in [0, 0.05) is 49.0 Å². The van der Waals surface area contributed by atoms with E-state index in [0.717, 1.165) is 13.1 Å². The molecular weight excluding hydrogens is 354 g/mol. The molecule has 1 aliphatic rings. The number of ketones is 1. The van der Waals surface area contributed by atoms with E-state index in [1.165, 1.54) is 22.9 Å². The Labute approximate surface area is 156 Å². The van der Waals surface area contributed by atoms with Gasteiger partial charge in [0.15, 0.2) is 11.8 Å². The first kappa shape index (κ1) is 18.4. The molecule has 1 aliphatic heterocycles. The highest BCUT2D eigenvalue weighted by molar-refractivity contribution is 6.31. The summed E-state index contributed by atoms with van der Waals surface area (Å²) >= 11 is 5.99. The molecule has 0 N–H and O–H groups in total. The number of Topliss-reactive ketones (excluding diaryl/α,β-unsaturated/α-hetero) is 1. The van der Waals surface area contributed by atoms with Crippen molar-refractivity contribution >= 4 is 23.3 Å². The predicted octanol–water partition coefficient (Wildman–Crippen LogP) is 1.70. The van der Waals surface area contributed by atoms with Crippen LogP contribution in [-0.2, 0) is 4.79 Å². The number of benzene rings is 1. The Kier molecular flexibility index (Phi) is 5.54. The average molecular weight is 374 g/mol. The minimum atomic E-state index is -1.23. The molecule has 1 amide bonds. The fourth-order valence-corrected chi connectivity index (χ4v) is 3.20. The van der Waals surface area contributed by atoms with E-state index in [1.807, 2.05) is 7.05 Å². The highest BCUT2D eigenvalue weighted by Gasteiger charge is 2.34. The van der Waals surface area contributed by atoms with Crippen LogP contribution in [0.3, 0.4) is 0 Å². The Morgan fingerprint density at radius 2 is 1.77 bits per heavy atom. The Balaban J connectivity index is 1.99. The van der Waals surface area contributed by atoms with Gasteiger partial charge in [-0.05, 0) is 25.2 Å². The Morgan fingerprint density at radius 1 is 1.04 bits per heavy atom. The van der Waals surface area contributed by atoms with Crippen molar-refractivity contribution in [3.63, 3.8) is 0 Å².